The van der Waals surface area contributed by atoms with Crippen molar-refractivity contribution in [3.05, 3.63) is 23.8 Å². The van der Waals surface area contributed by atoms with Gasteiger partial charge in [-0.05, 0) is 24.1 Å². The molecule has 1 aromatic carbocycles. The summed E-state index contributed by atoms with van der Waals surface area (Å²) >= 11 is 0. The third-order valence-corrected chi connectivity index (χ3v) is 4.23. The summed E-state index contributed by atoms with van der Waals surface area (Å²) in [6.45, 7) is 6.03. The summed E-state index contributed by atoms with van der Waals surface area (Å²) in [6, 6.07) is 5.42. The zero-order chi connectivity index (χ0) is 15.6. The number of hydrogen-bond acceptors (Lipinski definition) is 4. The molecular formula is C16H23ClF2N2O2. The molecule has 0 unspecified atom stereocenters. The van der Waals surface area contributed by atoms with E-state index >= 15 is 0 Å². The maximum absolute atomic E-state index is 13.2. The van der Waals surface area contributed by atoms with Crippen molar-refractivity contribution in [3.8, 4) is 11.5 Å². The van der Waals surface area contributed by atoms with Crippen molar-refractivity contribution in [2.24, 2.45) is 0 Å². The summed E-state index contributed by atoms with van der Waals surface area (Å²) in [5.41, 5.74) is 1.02. The molecule has 1 saturated heterocycles. The Morgan fingerprint density at radius 2 is 1.91 bits per heavy atom. The van der Waals surface area contributed by atoms with Crippen LogP contribution in [0.2, 0.25) is 0 Å². The van der Waals surface area contributed by atoms with Crippen LogP contribution in [0.4, 0.5) is 8.78 Å². The van der Waals surface area contributed by atoms with Crippen LogP contribution in [-0.2, 0) is 0 Å². The Morgan fingerprint density at radius 3 is 2.61 bits per heavy atom. The van der Waals surface area contributed by atoms with Gasteiger partial charge in [0.2, 0.25) is 0 Å². The lowest BCUT2D eigenvalue weighted by atomic mass is 9.98. The summed E-state index contributed by atoms with van der Waals surface area (Å²) in [4.78, 5) is 2.42. The monoisotopic (exact) mass is 348 g/mol. The van der Waals surface area contributed by atoms with Gasteiger partial charge in [-0.3, -0.25) is 4.90 Å². The number of alkyl halides is 2. The predicted molar refractivity (Wildman–Crippen MR) is 86.6 cm³/mol. The molecule has 0 saturated carbocycles. The highest BCUT2D eigenvalue weighted by molar-refractivity contribution is 5.85. The zero-order valence-electron chi connectivity index (χ0n) is 13.2. The van der Waals surface area contributed by atoms with Gasteiger partial charge < -0.3 is 14.8 Å². The number of rotatable bonds is 5. The molecule has 1 atom stereocenters. The molecule has 2 heterocycles. The highest BCUT2D eigenvalue weighted by Gasteiger charge is 2.43. The summed E-state index contributed by atoms with van der Waals surface area (Å²) in [5, 5.41) is 3.34. The molecule has 1 N–H and O–H groups in total. The van der Waals surface area contributed by atoms with Gasteiger partial charge in [0.05, 0.1) is 0 Å². The smallest absolute Gasteiger partial charge is 0.395 e. The lowest BCUT2D eigenvalue weighted by molar-refractivity contribution is -0.286. The molecule has 130 valence electrons. The average molecular weight is 349 g/mol. The maximum atomic E-state index is 13.2. The molecule has 3 rings (SSSR count). The molecule has 23 heavy (non-hydrogen) atoms. The average Bonchev–Trinajstić information content (AvgIpc) is 2.82. The second kappa shape index (κ2) is 7.64. The van der Waals surface area contributed by atoms with E-state index in [9.17, 15) is 8.78 Å². The normalized spacial score (nSPS) is 20.8. The Bertz CT molecular complexity index is 525. The summed E-state index contributed by atoms with van der Waals surface area (Å²) in [6.07, 6.45) is -0.300. The molecule has 1 aromatic rings. The maximum Gasteiger partial charge on any atom is 0.586 e. The Balaban J connectivity index is 0.00000192. The minimum Gasteiger partial charge on any atom is -0.395 e. The van der Waals surface area contributed by atoms with Gasteiger partial charge in [-0.1, -0.05) is 25.8 Å². The van der Waals surface area contributed by atoms with Crippen LogP contribution in [0, 0.1) is 0 Å². The SMILES string of the molecule is CCCC[C@@H](c1ccc2c(c1)OC(F)(F)O2)N1CCNCC1.Cl. The van der Waals surface area contributed by atoms with E-state index in [0.29, 0.717) is 0 Å². The van der Waals surface area contributed by atoms with Crippen molar-refractivity contribution >= 4 is 12.4 Å². The molecule has 1 fully saturated rings. The number of benzene rings is 1. The second-order valence-electron chi connectivity index (χ2n) is 5.82. The van der Waals surface area contributed by atoms with E-state index in [4.69, 9.17) is 0 Å². The number of nitrogens with one attached hydrogen (secondary N) is 1. The van der Waals surface area contributed by atoms with Crippen LogP contribution < -0.4 is 14.8 Å². The minimum atomic E-state index is -3.55. The molecule has 0 amide bonds. The van der Waals surface area contributed by atoms with Gasteiger partial charge in [-0.2, -0.15) is 0 Å². The highest BCUT2D eigenvalue weighted by atomic mass is 35.5. The Hall–Kier alpha value is -1.11. The van der Waals surface area contributed by atoms with E-state index in [-0.39, 0.29) is 29.9 Å². The molecule has 0 spiro atoms. The van der Waals surface area contributed by atoms with E-state index in [1.54, 1.807) is 12.1 Å². The Kier molecular flexibility index (Phi) is 6.06. The molecule has 0 aromatic heterocycles. The van der Waals surface area contributed by atoms with Gasteiger partial charge in [0.1, 0.15) is 0 Å². The molecule has 7 heteroatoms. The molecule has 0 bridgehead atoms. The van der Waals surface area contributed by atoms with Crippen LogP contribution in [0.5, 0.6) is 11.5 Å². The molecule has 2 aliphatic heterocycles. The number of fused-ring (bicyclic) bond motifs is 1. The highest BCUT2D eigenvalue weighted by Crippen LogP contribution is 2.43. The number of piperazine rings is 1. The van der Waals surface area contributed by atoms with Crippen molar-refractivity contribution in [1.82, 2.24) is 10.2 Å². The fourth-order valence-corrected chi connectivity index (χ4v) is 3.12. The molecular weight excluding hydrogens is 326 g/mol. The third-order valence-electron chi connectivity index (χ3n) is 4.23. The first-order valence-corrected chi connectivity index (χ1v) is 7.93. The van der Waals surface area contributed by atoms with Gasteiger partial charge in [-0.15, -0.1) is 21.2 Å². The first-order chi connectivity index (χ1) is 10.6. The van der Waals surface area contributed by atoms with Gasteiger partial charge in [0.15, 0.2) is 11.5 Å². The van der Waals surface area contributed by atoms with Crippen molar-refractivity contribution < 1.29 is 18.3 Å². The van der Waals surface area contributed by atoms with Crippen LogP contribution in [0.3, 0.4) is 0 Å². The standard InChI is InChI=1S/C16H22F2N2O2.ClH/c1-2-3-4-13(20-9-7-19-8-10-20)12-5-6-14-15(11-12)22-16(17,18)21-14;/h5-6,11,13,19H,2-4,7-10H2,1H3;1H/t13-;/m0./s1. The first kappa shape index (κ1) is 18.2. The van der Waals surface area contributed by atoms with Gasteiger partial charge in [0, 0.05) is 32.2 Å². The fourth-order valence-electron chi connectivity index (χ4n) is 3.12. The topological polar surface area (TPSA) is 33.7 Å². The van der Waals surface area contributed by atoms with Gasteiger partial charge in [0.25, 0.3) is 0 Å². The number of ether oxygens (including phenoxy) is 2. The summed E-state index contributed by atoms with van der Waals surface area (Å²) < 4.78 is 35.4. The van der Waals surface area contributed by atoms with Crippen molar-refractivity contribution in [3.63, 3.8) is 0 Å². The predicted octanol–water partition coefficient (Wildman–Crippen LogP) is 3.57. The third kappa shape index (κ3) is 4.25. The van der Waals surface area contributed by atoms with Crippen LogP contribution in [0.1, 0.15) is 37.8 Å². The first-order valence-electron chi connectivity index (χ1n) is 7.93. The van der Waals surface area contributed by atoms with Crippen molar-refractivity contribution in [2.45, 2.75) is 38.5 Å². The Morgan fingerprint density at radius 1 is 1.22 bits per heavy atom. The second-order valence-corrected chi connectivity index (χ2v) is 5.82. The molecule has 4 nitrogen and oxygen atoms in total. The molecule has 0 aliphatic carbocycles. The van der Waals surface area contributed by atoms with Crippen molar-refractivity contribution in [1.29, 1.82) is 0 Å². The van der Waals surface area contributed by atoms with Gasteiger partial charge >= 0.3 is 6.29 Å². The Labute approximate surface area is 141 Å². The van der Waals surface area contributed by atoms with E-state index in [1.807, 2.05) is 6.07 Å². The molecule has 2 aliphatic rings. The van der Waals surface area contributed by atoms with E-state index in [2.05, 4.69) is 26.6 Å². The largest absolute Gasteiger partial charge is 0.586 e. The fraction of sp³-hybridized carbons (Fsp3) is 0.625. The van der Waals surface area contributed by atoms with Crippen LogP contribution in [0.25, 0.3) is 0 Å². The molecule has 0 radical (unpaired) electrons. The quantitative estimate of drug-likeness (QED) is 0.882. The lowest BCUT2D eigenvalue weighted by Gasteiger charge is -2.35. The number of halogens is 3. The van der Waals surface area contributed by atoms with Gasteiger partial charge in [-0.25, -0.2) is 0 Å². The van der Waals surface area contributed by atoms with E-state index in [1.165, 1.54) is 0 Å². The van der Waals surface area contributed by atoms with E-state index in [0.717, 1.165) is 51.0 Å². The number of hydrogen-bond donors (Lipinski definition) is 1. The summed E-state index contributed by atoms with van der Waals surface area (Å²) in [5.74, 6) is 0.252. The minimum absolute atomic E-state index is 0. The summed E-state index contributed by atoms with van der Waals surface area (Å²) in [7, 11) is 0. The van der Waals surface area contributed by atoms with Crippen LogP contribution >= 0.6 is 12.4 Å². The number of unbranched alkanes of at least 4 members (excludes halogenated alkanes) is 1. The van der Waals surface area contributed by atoms with Crippen LogP contribution in [0.15, 0.2) is 18.2 Å². The number of nitrogens with zero attached hydrogens (tertiary/aromatic N) is 1. The van der Waals surface area contributed by atoms with E-state index < -0.39 is 6.29 Å². The van der Waals surface area contributed by atoms with Crippen molar-refractivity contribution in [2.75, 3.05) is 26.2 Å². The van der Waals surface area contributed by atoms with Crippen LogP contribution in [-0.4, -0.2) is 37.4 Å². The zero-order valence-corrected chi connectivity index (χ0v) is 14.0. The lowest BCUT2D eigenvalue weighted by Crippen LogP contribution is -2.45.